The number of aromatic nitrogens is 1. The fraction of sp³-hybridized carbons (Fsp3) is 0.250. The third-order valence-corrected chi connectivity index (χ3v) is 1.69. The summed E-state index contributed by atoms with van der Waals surface area (Å²) in [5.41, 5.74) is 5.74. The Morgan fingerprint density at radius 1 is 1.57 bits per heavy atom. The first-order chi connectivity index (χ1) is 6.68. The van der Waals surface area contributed by atoms with E-state index in [0.717, 1.165) is 5.69 Å². The second-order valence-corrected chi connectivity index (χ2v) is 2.97. The highest BCUT2D eigenvalue weighted by atomic mass is 35.5. The molecule has 0 saturated heterocycles. The fourth-order valence-corrected chi connectivity index (χ4v) is 1.08. The number of nitrogens with two attached hydrogens (primary N) is 1. The predicted octanol–water partition coefficient (Wildman–Crippen LogP) is 0.815. The zero-order chi connectivity index (χ0) is 10.4. The Balaban J connectivity index is 2.28. The molecule has 1 heterocycles. The Kier molecular flexibility index (Phi) is 4.00. The van der Waals surface area contributed by atoms with E-state index in [-0.39, 0.29) is 0 Å². The van der Waals surface area contributed by atoms with Crippen LogP contribution in [0, 0.1) is 0 Å². The van der Waals surface area contributed by atoms with Gasteiger partial charge >= 0.3 is 6.03 Å². The molecule has 1 aromatic rings. The Morgan fingerprint density at radius 2 is 2.36 bits per heavy atom. The van der Waals surface area contributed by atoms with E-state index in [0.29, 0.717) is 18.2 Å². The number of carbonyl (C=O) groups is 1. The fourth-order valence-electron chi connectivity index (χ4n) is 0.905. The van der Waals surface area contributed by atoms with Crippen molar-refractivity contribution in [3.8, 4) is 0 Å². The average molecular weight is 215 g/mol. The van der Waals surface area contributed by atoms with Crippen LogP contribution in [0.15, 0.2) is 18.3 Å². The van der Waals surface area contributed by atoms with Crippen LogP contribution in [0.3, 0.4) is 0 Å². The molecule has 5 nitrogen and oxygen atoms in total. The molecule has 0 radical (unpaired) electrons. The predicted molar refractivity (Wildman–Crippen MR) is 55.3 cm³/mol. The van der Waals surface area contributed by atoms with E-state index in [9.17, 15) is 4.79 Å². The van der Waals surface area contributed by atoms with E-state index in [1.54, 1.807) is 18.3 Å². The van der Waals surface area contributed by atoms with Crippen LogP contribution in [-0.4, -0.2) is 24.1 Å². The van der Waals surface area contributed by atoms with Crippen LogP contribution in [0.2, 0.25) is 5.15 Å². The SMILES string of the molecule is NC(=O)NCCNc1ccnc(Cl)c1. The molecule has 0 aliphatic rings. The molecular formula is C8H11ClN4O. The normalized spacial score (nSPS) is 9.50. The van der Waals surface area contributed by atoms with Crippen molar-refractivity contribution in [1.82, 2.24) is 10.3 Å². The second kappa shape index (κ2) is 5.29. The minimum absolute atomic E-state index is 0.429. The lowest BCUT2D eigenvalue weighted by Crippen LogP contribution is -2.33. The Hall–Kier alpha value is -1.49. The molecule has 0 aliphatic heterocycles. The first-order valence-electron chi connectivity index (χ1n) is 4.07. The van der Waals surface area contributed by atoms with Crippen LogP contribution in [0.5, 0.6) is 0 Å². The highest BCUT2D eigenvalue weighted by Crippen LogP contribution is 2.10. The van der Waals surface area contributed by atoms with Gasteiger partial charge in [-0.1, -0.05) is 11.6 Å². The van der Waals surface area contributed by atoms with E-state index in [1.165, 1.54) is 0 Å². The van der Waals surface area contributed by atoms with Crippen LogP contribution in [0.1, 0.15) is 0 Å². The number of rotatable bonds is 4. The lowest BCUT2D eigenvalue weighted by molar-refractivity contribution is 0.249. The Labute approximate surface area is 86.7 Å². The quantitative estimate of drug-likeness (QED) is 0.513. The smallest absolute Gasteiger partial charge is 0.312 e. The number of nitrogens with zero attached hydrogens (tertiary/aromatic N) is 1. The van der Waals surface area contributed by atoms with Crippen LogP contribution >= 0.6 is 11.6 Å². The van der Waals surface area contributed by atoms with E-state index in [1.807, 2.05) is 0 Å². The molecule has 6 heteroatoms. The first-order valence-corrected chi connectivity index (χ1v) is 4.45. The summed E-state index contributed by atoms with van der Waals surface area (Å²) in [5, 5.41) is 5.93. The van der Waals surface area contributed by atoms with E-state index in [4.69, 9.17) is 17.3 Å². The molecule has 0 unspecified atom stereocenters. The largest absolute Gasteiger partial charge is 0.383 e. The number of urea groups is 1. The maximum Gasteiger partial charge on any atom is 0.312 e. The van der Waals surface area contributed by atoms with Crippen LogP contribution < -0.4 is 16.4 Å². The first kappa shape index (κ1) is 10.6. The molecule has 2 amide bonds. The highest BCUT2D eigenvalue weighted by molar-refractivity contribution is 6.29. The number of carbonyl (C=O) groups excluding carboxylic acids is 1. The summed E-state index contributed by atoms with van der Waals surface area (Å²) >= 11 is 5.67. The molecule has 14 heavy (non-hydrogen) atoms. The number of anilines is 1. The van der Waals surface area contributed by atoms with Crippen LogP contribution in [-0.2, 0) is 0 Å². The maximum absolute atomic E-state index is 10.3. The van der Waals surface area contributed by atoms with Gasteiger partial charge in [0.25, 0.3) is 0 Å². The van der Waals surface area contributed by atoms with Gasteiger partial charge in [-0.15, -0.1) is 0 Å². The van der Waals surface area contributed by atoms with E-state index < -0.39 is 6.03 Å². The molecule has 1 aromatic heterocycles. The highest BCUT2D eigenvalue weighted by Gasteiger charge is 1.94. The van der Waals surface area contributed by atoms with Crippen LogP contribution in [0.25, 0.3) is 0 Å². The minimum atomic E-state index is -0.528. The molecule has 0 atom stereocenters. The Bertz CT molecular complexity index is 318. The van der Waals surface area contributed by atoms with Crippen molar-refractivity contribution in [2.75, 3.05) is 18.4 Å². The van der Waals surface area contributed by atoms with Gasteiger partial charge in [-0.05, 0) is 12.1 Å². The second-order valence-electron chi connectivity index (χ2n) is 2.59. The summed E-state index contributed by atoms with van der Waals surface area (Å²) in [6.07, 6.45) is 1.60. The van der Waals surface area contributed by atoms with Gasteiger partial charge in [0.2, 0.25) is 0 Å². The summed E-state index contributed by atoms with van der Waals surface area (Å²) in [7, 11) is 0. The van der Waals surface area contributed by atoms with Crippen molar-refractivity contribution in [2.45, 2.75) is 0 Å². The molecule has 0 bridgehead atoms. The summed E-state index contributed by atoms with van der Waals surface area (Å²) in [6, 6.07) is 2.96. The third kappa shape index (κ3) is 3.95. The molecule has 4 N–H and O–H groups in total. The topological polar surface area (TPSA) is 80.0 Å². The lowest BCUT2D eigenvalue weighted by atomic mass is 10.4. The number of amides is 2. The van der Waals surface area contributed by atoms with Crippen molar-refractivity contribution in [3.05, 3.63) is 23.5 Å². The molecule has 76 valence electrons. The number of halogens is 1. The third-order valence-electron chi connectivity index (χ3n) is 1.48. The van der Waals surface area contributed by atoms with Gasteiger partial charge in [-0.2, -0.15) is 0 Å². The zero-order valence-corrected chi connectivity index (χ0v) is 8.21. The molecular weight excluding hydrogens is 204 g/mol. The molecule has 1 rings (SSSR count). The number of primary amides is 1. The van der Waals surface area contributed by atoms with Crippen LogP contribution in [0.4, 0.5) is 10.5 Å². The maximum atomic E-state index is 10.3. The molecule has 0 fully saturated rings. The van der Waals surface area contributed by atoms with Crippen molar-refractivity contribution in [2.24, 2.45) is 5.73 Å². The standard InChI is InChI=1S/C8H11ClN4O/c9-7-5-6(1-2-12-7)11-3-4-13-8(10)14/h1-2,5H,3-4H2,(H,11,12)(H3,10,13,14). The zero-order valence-electron chi connectivity index (χ0n) is 7.46. The van der Waals surface area contributed by atoms with Gasteiger partial charge in [0.1, 0.15) is 5.15 Å². The monoisotopic (exact) mass is 214 g/mol. The molecule has 0 aliphatic carbocycles. The van der Waals surface area contributed by atoms with E-state index in [2.05, 4.69) is 15.6 Å². The minimum Gasteiger partial charge on any atom is -0.383 e. The lowest BCUT2D eigenvalue weighted by Gasteiger charge is -2.06. The molecule has 0 aromatic carbocycles. The summed E-state index contributed by atoms with van der Waals surface area (Å²) in [5.74, 6) is 0. The number of pyridine rings is 1. The van der Waals surface area contributed by atoms with Gasteiger partial charge < -0.3 is 16.4 Å². The van der Waals surface area contributed by atoms with Gasteiger partial charge in [-0.25, -0.2) is 9.78 Å². The number of nitrogens with one attached hydrogen (secondary N) is 2. The Morgan fingerprint density at radius 3 is 3.00 bits per heavy atom. The summed E-state index contributed by atoms with van der Waals surface area (Å²) in [6.45, 7) is 1.05. The summed E-state index contributed by atoms with van der Waals surface area (Å²) < 4.78 is 0. The van der Waals surface area contributed by atoms with Crippen molar-refractivity contribution in [3.63, 3.8) is 0 Å². The van der Waals surface area contributed by atoms with Gasteiger partial charge in [0.15, 0.2) is 0 Å². The van der Waals surface area contributed by atoms with Crippen molar-refractivity contribution in [1.29, 1.82) is 0 Å². The summed E-state index contributed by atoms with van der Waals surface area (Å²) in [4.78, 5) is 14.1. The molecule has 0 saturated carbocycles. The van der Waals surface area contributed by atoms with E-state index >= 15 is 0 Å². The molecule has 0 spiro atoms. The number of hydrogen-bond donors (Lipinski definition) is 3. The number of hydrogen-bond acceptors (Lipinski definition) is 3. The van der Waals surface area contributed by atoms with Gasteiger partial charge in [0.05, 0.1) is 0 Å². The van der Waals surface area contributed by atoms with Gasteiger partial charge in [0, 0.05) is 25.0 Å². The van der Waals surface area contributed by atoms with Crippen molar-refractivity contribution >= 4 is 23.3 Å². The average Bonchev–Trinajstić information content (AvgIpc) is 2.12. The van der Waals surface area contributed by atoms with Crippen molar-refractivity contribution < 1.29 is 4.79 Å². The van der Waals surface area contributed by atoms with Gasteiger partial charge in [-0.3, -0.25) is 0 Å².